The summed E-state index contributed by atoms with van der Waals surface area (Å²) in [6, 6.07) is 3.97. The van der Waals surface area contributed by atoms with Gasteiger partial charge in [-0.05, 0) is 57.4 Å². The van der Waals surface area contributed by atoms with Gasteiger partial charge in [0, 0.05) is 10.0 Å². The first-order valence-electron chi connectivity index (χ1n) is 6.74. The maximum Gasteiger partial charge on any atom is 0.408 e. The predicted molar refractivity (Wildman–Crippen MR) is 85.6 cm³/mol. The summed E-state index contributed by atoms with van der Waals surface area (Å²) in [7, 11) is 0. The van der Waals surface area contributed by atoms with Gasteiger partial charge in [0.05, 0.1) is 0 Å². The molecule has 0 aliphatic carbocycles. The van der Waals surface area contributed by atoms with E-state index in [0.717, 1.165) is 5.56 Å². The van der Waals surface area contributed by atoms with Gasteiger partial charge in [-0.15, -0.1) is 0 Å². The number of aliphatic carboxylic acids is 1. The van der Waals surface area contributed by atoms with Crippen molar-refractivity contribution >= 4 is 35.3 Å². The smallest absolute Gasteiger partial charge is 0.408 e. The minimum absolute atomic E-state index is 0.200. The number of carboxylic acid groups (broad SMARTS) is 1. The number of benzene rings is 1. The van der Waals surface area contributed by atoms with Crippen molar-refractivity contribution in [1.82, 2.24) is 5.32 Å². The standard InChI is InChI=1S/C15H19Cl2NO4/c1-15(2,3)22-14(21)18-12(13(19)20)5-4-9-6-10(16)8-11(17)7-9/h6-8,12H,4-5H2,1-3H3,(H,18,21)(H,19,20)/t12-/m1/s1. The third-order valence-electron chi connectivity index (χ3n) is 2.63. The second-order valence-corrected chi connectivity index (χ2v) is 6.73. The summed E-state index contributed by atoms with van der Waals surface area (Å²) in [5.41, 5.74) is 0.114. The molecule has 1 rings (SSSR count). The Kier molecular flexibility index (Phi) is 6.50. The van der Waals surface area contributed by atoms with E-state index in [0.29, 0.717) is 16.5 Å². The van der Waals surface area contributed by atoms with Gasteiger partial charge in [0.25, 0.3) is 0 Å². The molecule has 0 saturated heterocycles. The molecule has 0 aliphatic rings. The van der Waals surface area contributed by atoms with E-state index < -0.39 is 23.7 Å². The Hall–Kier alpha value is -1.46. The largest absolute Gasteiger partial charge is 0.480 e. The molecule has 0 heterocycles. The molecule has 0 radical (unpaired) electrons. The lowest BCUT2D eigenvalue weighted by atomic mass is 10.1. The number of halogens is 2. The number of amides is 1. The predicted octanol–water partition coefficient (Wildman–Crippen LogP) is 3.90. The van der Waals surface area contributed by atoms with E-state index in [1.165, 1.54) is 0 Å². The molecular formula is C15H19Cl2NO4. The van der Waals surface area contributed by atoms with Crippen LogP contribution in [0.5, 0.6) is 0 Å². The monoisotopic (exact) mass is 347 g/mol. The molecule has 1 amide bonds. The van der Waals surface area contributed by atoms with E-state index in [1.54, 1.807) is 39.0 Å². The lowest BCUT2D eigenvalue weighted by Crippen LogP contribution is -2.43. The minimum Gasteiger partial charge on any atom is -0.480 e. The van der Waals surface area contributed by atoms with E-state index in [1.807, 2.05) is 0 Å². The summed E-state index contributed by atoms with van der Waals surface area (Å²) in [4.78, 5) is 22.9. The van der Waals surface area contributed by atoms with Gasteiger partial charge in [0.1, 0.15) is 11.6 Å². The fourth-order valence-electron chi connectivity index (χ4n) is 1.77. The van der Waals surface area contributed by atoms with Crippen LogP contribution in [0.15, 0.2) is 18.2 Å². The summed E-state index contributed by atoms with van der Waals surface area (Å²) >= 11 is 11.8. The fraction of sp³-hybridized carbons (Fsp3) is 0.467. The molecule has 7 heteroatoms. The maximum atomic E-state index is 11.7. The quantitative estimate of drug-likeness (QED) is 0.846. The molecule has 0 spiro atoms. The normalized spacial score (nSPS) is 12.6. The van der Waals surface area contributed by atoms with Crippen LogP contribution in [0.4, 0.5) is 4.79 Å². The Morgan fingerprint density at radius 3 is 2.23 bits per heavy atom. The number of carboxylic acids is 1. The highest BCUT2D eigenvalue weighted by Gasteiger charge is 2.23. The number of nitrogens with one attached hydrogen (secondary N) is 1. The highest BCUT2D eigenvalue weighted by atomic mass is 35.5. The average Bonchev–Trinajstić information content (AvgIpc) is 2.30. The molecule has 1 aromatic carbocycles. The fourth-order valence-corrected chi connectivity index (χ4v) is 2.34. The molecule has 1 atom stereocenters. The number of carbonyl (C=O) groups is 2. The first-order valence-corrected chi connectivity index (χ1v) is 7.50. The van der Waals surface area contributed by atoms with Crippen molar-refractivity contribution in [2.75, 3.05) is 0 Å². The van der Waals surface area contributed by atoms with E-state index in [4.69, 9.17) is 27.9 Å². The third-order valence-corrected chi connectivity index (χ3v) is 3.07. The third kappa shape index (κ3) is 7.00. The number of ether oxygens (including phenoxy) is 1. The second-order valence-electron chi connectivity index (χ2n) is 5.85. The second kappa shape index (κ2) is 7.70. The van der Waals surface area contributed by atoms with Crippen molar-refractivity contribution in [3.8, 4) is 0 Å². The zero-order valence-electron chi connectivity index (χ0n) is 12.7. The molecule has 22 heavy (non-hydrogen) atoms. The molecule has 0 bridgehead atoms. The molecular weight excluding hydrogens is 329 g/mol. The van der Waals surface area contributed by atoms with Crippen LogP contribution in [0.2, 0.25) is 10.0 Å². The van der Waals surface area contributed by atoms with Crippen LogP contribution in [-0.4, -0.2) is 28.8 Å². The van der Waals surface area contributed by atoms with Crippen LogP contribution in [0.1, 0.15) is 32.8 Å². The molecule has 5 nitrogen and oxygen atoms in total. The first-order chi connectivity index (χ1) is 10.1. The topological polar surface area (TPSA) is 75.6 Å². The average molecular weight is 348 g/mol. The van der Waals surface area contributed by atoms with E-state index >= 15 is 0 Å². The maximum absolute atomic E-state index is 11.7. The van der Waals surface area contributed by atoms with E-state index in [9.17, 15) is 14.7 Å². The molecule has 1 aromatic rings. The van der Waals surface area contributed by atoms with Crippen molar-refractivity contribution in [1.29, 1.82) is 0 Å². The van der Waals surface area contributed by atoms with Crippen LogP contribution in [0, 0.1) is 0 Å². The van der Waals surface area contributed by atoms with Gasteiger partial charge in [0.2, 0.25) is 0 Å². The zero-order chi connectivity index (χ0) is 16.9. The van der Waals surface area contributed by atoms with Gasteiger partial charge in [-0.3, -0.25) is 0 Å². The highest BCUT2D eigenvalue weighted by Crippen LogP contribution is 2.20. The molecule has 0 fully saturated rings. The molecule has 0 aromatic heterocycles. The summed E-state index contributed by atoms with van der Waals surface area (Å²) in [6.45, 7) is 5.11. The number of alkyl carbamates (subject to hydrolysis) is 1. The van der Waals surface area contributed by atoms with Crippen molar-refractivity contribution in [3.05, 3.63) is 33.8 Å². The lowest BCUT2D eigenvalue weighted by molar-refractivity contribution is -0.139. The van der Waals surface area contributed by atoms with Crippen LogP contribution in [-0.2, 0) is 16.0 Å². The van der Waals surface area contributed by atoms with Crippen molar-refractivity contribution in [2.45, 2.75) is 45.3 Å². The lowest BCUT2D eigenvalue weighted by Gasteiger charge is -2.22. The van der Waals surface area contributed by atoms with Gasteiger partial charge in [0.15, 0.2) is 0 Å². The summed E-state index contributed by atoms with van der Waals surface area (Å²) in [5, 5.41) is 12.5. The van der Waals surface area contributed by atoms with Gasteiger partial charge in [-0.25, -0.2) is 9.59 Å². The van der Waals surface area contributed by atoms with E-state index in [2.05, 4.69) is 5.32 Å². The number of carbonyl (C=O) groups excluding carboxylic acids is 1. The van der Waals surface area contributed by atoms with Crippen molar-refractivity contribution in [3.63, 3.8) is 0 Å². The van der Waals surface area contributed by atoms with Crippen LogP contribution in [0.25, 0.3) is 0 Å². The van der Waals surface area contributed by atoms with Crippen LogP contribution >= 0.6 is 23.2 Å². The van der Waals surface area contributed by atoms with Gasteiger partial charge in [-0.2, -0.15) is 0 Å². The molecule has 2 N–H and O–H groups in total. The van der Waals surface area contributed by atoms with E-state index in [-0.39, 0.29) is 6.42 Å². The summed E-state index contributed by atoms with van der Waals surface area (Å²) < 4.78 is 5.05. The Morgan fingerprint density at radius 1 is 1.23 bits per heavy atom. The Balaban J connectivity index is 2.65. The van der Waals surface area contributed by atoms with Gasteiger partial charge < -0.3 is 15.2 Å². The highest BCUT2D eigenvalue weighted by molar-refractivity contribution is 6.34. The number of hydrogen-bond donors (Lipinski definition) is 2. The molecule has 0 aliphatic heterocycles. The summed E-state index contributed by atoms with van der Waals surface area (Å²) in [6.07, 6.45) is -0.151. The van der Waals surface area contributed by atoms with Crippen LogP contribution < -0.4 is 5.32 Å². The van der Waals surface area contributed by atoms with Gasteiger partial charge in [-0.1, -0.05) is 23.2 Å². The van der Waals surface area contributed by atoms with Crippen molar-refractivity contribution < 1.29 is 19.4 Å². The van der Waals surface area contributed by atoms with Crippen molar-refractivity contribution in [2.24, 2.45) is 0 Å². The Morgan fingerprint density at radius 2 is 1.77 bits per heavy atom. The Bertz CT molecular complexity index is 535. The van der Waals surface area contributed by atoms with Gasteiger partial charge >= 0.3 is 12.1 Å². The first kappa shape index (κ1) is 18.6. The van der Waals surface area contributed by atoms with Crippen LogP contribution in [0.3, 0.4) is 0 Å². The number of rotatable bonds is 5. The summed E-state index contributed by atoms with van der Waals surface area (Å²) in [5.74, 6) is -1.13. The molecule has 0 unspecified atom stereocenters. The molecule has 122 valence electrons. The number of hydrogen-bond acceptors (Lipinski definition) is 3. The zero-order valence-corrected chi connectivity index (χ0v) is 14.2. The Labute approximate surface area is 139 Å². The minimum atomic E-state index is -1.13. The SMILES string of the molecule is CC(C)(C)OC(=O)N[C@H](CCc1cc(Cl)cc(Cl)c1)C(=O)O. The number of aryl methyl sites for hydroxylation is 1. The molecule has 0 saturated carbocycles.